The molecule has 1 aliphatic rings. The summed E-state index contributed by atoms with van der Waals surface area (Å²) in [5.41, 5.74) is 0.723. The van der Waals surface area contributed by atoms with Gasteiger partial charge >= 0.3 is 25.4 Å². The summed E-state index contributed by atoms with van der Waals surface area (Å²) in [6.45, 7) is 2.05. The number of esters is 1. The first-order valence-electron chi connectivity index (χ1n) is 5.34. The van der Waals surface area contributed by atoms with E-state index in [1.165, 1.54) is 0 Å². The maximum absolute atomic E-state index is 11.1. The quantitative estimate of drug-likeness (QED) is 0.359. The van der Waals surface area contributed by atoms with Gasteiger partial charge in [0.25, 0.3) is 0 Å². The zero-order valence-electron chi connectivity index (χ0n) is 9.98. The Morgan fingerprint density at radius 2 is 2.11 bits per heavy atom. The molecule has 1 aromatic carbocycles. The topological polar surface area (TPSA) is 49.4 Å². The Balaban J connectivity index is 0.000000405. The zero-order valence-corrected chi connectivity index (χ0v) is 11.7. The van der Waals surface area contributed by atoms with Crippen molar-refractivity contribution in [1.29, 1.82) is 0 Å². The molecule has 0 unspecified atom stereocenters. The van der Waals surface area contributed by atoms with Gasteiger partial charge < -0.3 is 9.84 Å². The normalized spacial score (nSPS) is 14.3. The molecular weight excluding hydrogens is 317 g/mol. The third-order valence-electron chi connectivity index (χ3n) is 2.03. The van der Waals surface area contributed by atoms with Gasteiger partial charge in [0.1, 0.15) is 0 Å². The van der Waals surface area contributed by atoms with Crippen LogP contribution in [0.15, 0.2) is 66.0 Å². The smallest absolute Gasteiger partial charge is 0.877 e. The van der Waals surface area contributed by atoms with Crippen LogP contribution in [0.4, 0.5) is 0 Å². The number of rotatable bonds is 2. The van der Waals surface area contributed by atoms with E-state index in [0.717, 1.165) is 0 Å². The molecule has 3 nitrogen and oxygen atoms in total. The van der Waals surface area contributed by atoms with Gasteiger partial charge in [0.2, 0.25) is 0 Å². The van der Waals surface area contributed by atoms with Crippen molar-refractivity contribution in [2.75, 3.05) is 6.61 Å². The van der Waals surface area contributed by atoms with Crippen molar-refractivity contribution >= 4 is 5.97 Å². The Kier molecular flexibility index (Phi) is 8.68. The van der Waals surface area contributed by atoms with Gasteiger partial charge in [-0.2, -0.15) is 18.2 Å². The summed E-state index contributed by atoms with van der Waals surface area (Å²) in [6.07, 6.45) is 5.45. The second-order valence-corrected chi connectivity index (χ2v) is 3.20. The molecule has 0 saturated heterocycles. The summed E-state index contributed by atoms with van der Waals surface area (Å²) >= 11 is 0. The fraction of sp³-hybridized carbons (Fsp3) is 0.143. The summed E-state index contributed by atoms with van der Waals surface area (Å²) in [5.74, 6) is -0.440. The third kappa shape index (κ3) is 5.20. The first kappa shape index (κ1) is 16.5. The molecule has 0 N–H and O–H groups in total. The van der Waals surface area contributed by atoms with Crippen LogP contribution >= 0.6 is 0 Å². The molecule has 0 saturated carbocycles. The molecule has 18 heavy (non-hydrogen) atoms. The van der Waals surface area contributed by atoms with Crippen LogP contribution in [0.3, 0.4) is 0 Å². The molecule has 0 aliphatic heterocycles. The first-order valence-corrected chi connectivity index (χ1v) is 5.34. The maximum Gasteiger partial charge on any atom is 2.00 e. The van der Waals surface area contributed by atoms with Crippen molar-refractivity contribution in [3.63, 3.8) is 0 Å². The van der Waals surface area contributed by atoms with Crippen molar-refractivity contribution in [1.82, 2.24) is 0 Å². The van der Waals surface area contributed by atoms with Gasteiger partial charge in [0.15, 0.2) is 0 Å². The second kappa shape index (κ2) is 9.49. The standard InChI is InChI=1S/C9H10O3.C5H5.Ru/c1-2-12-9(11)8-5-3-4-7(8)6-10;1-2-4-5-3-1;/h3-6,10H,2H2,1H3;1-5H;/q;-1;+2/p-1. The minimum Gasteiger partial charge on any atom is -0.877 e. The summed E-state index contributed by atoms with van der Waals surface area (Å²) in [6, 6.07) is 10.0. The molecule has 1 aliphatic carbocycles. The van der Waals surface area contributed by atoms with E-state index in [9.17, 15) is 9.90 Å². The molecule has 0 radical (unpaired) electrons. The largest absolute Gasteiger partial charge is 2.00 e. The molecule has 0 heterocycles. The van der Waals surface area contributed by atoms with Gasteiger partial charge in [-0.05, 0) is 18.6 Å². The average molecular weight is 331 g/mol. The molecule has 0 atom stereocenters. The molecule has 4 heteroatoms. The predicted octanol–water partition coefficient (Wildman–Crippen LogP) is 1.69. The molecule has 0 bridgehead atoms. The first-order chi connectivity index (χ1) is 8.29. The number of hydrogen-bond donors (Lipinski definition) is 0. The van der Waals surface area contributed by atoms with E-state index in [2.05, 4.69) is 0 Å². The summed E-state index contributed by atoms with van der Waals surface area (Å²) < 4.78 is 4.73. The molecule has 0 spiro atoms. The van der Waals surface area contributed by atoms with Crippen LogP contribution in [0, 0.1) is 0 Å². The SMILES string of the molecule is CCOC(=O)C1=CC=CC1=C[O-].[Ru+2].c1cc[cH-]c1. The van der Waals surface area contributed by atoms with E-state index in [1.807, 2.05) is 30.3 Å². The molecule has 1 aromatic rings. The van der Waals surface area contributed by atoms with E-state index >= 15 is 0 Å². The van der Waals surface area contributed by atoms with Crippen molar-refractivity contribution < 1.29 is 34.1 Å². The molecule has 0 aromatic heterocycles. The van der Waals surface area contributed by atoms with Gasteiger partial charge in [-0.1, -0.05) is 12.2 Å². The van der Waals surface area contributed by atoms with Crippen molar-refractivity contribution in [3.05, 3.63) is 66.0 Å². The number of carbonyl (C=O) groups excluding carboxylic acids is 1. The van der Waals surface area contributed by atoms with Gasteiger partial charge in [0, 0.05) is 0 Å². The third-order valence-corrected chi connectivity index (χ3v) is 2.03. The molecule has 96 valence electrons. The van der Waals surface area contributed by atoms with Crippen LogP contribution in [-0.2, 0) is 29.0 Å². The van der Waals surface area contributed by atoms with E-state index in [4.69, 9.17) is 4.74 Å². The van der Waals surface area contributed by atoms with Crippen LogP contribution in [0.1, 0.15) is 6.92 Å². The van der Waals surface area contributed by atoms with Crippen LogP contribution in [0.25, 0.3) is 0 Å². The Hall–Kier alpha value is -1.54. The van der Waals surface area contributed by atoms with Gasteiger partial charge in [-0.3, -0.25) is 0 Å². The summed E-state index contributed by atoms with van der Waals surface area (Å²) in [5, 5.41) is 10.4. The predicted molar refractivity (Wildman–Crippen MR) is 64.0 cm³/mol. The minimum absolute atomic E-state index is 0. The number of ether oxygens (including phenoxy) is 1. The molecular formula is C14H14O3Ru. The van der Waals surface area contributed by atoms with Crippen molar-refractivity contribution in [2.45, 2.75) is 6.92 Å². The Morgan fingerprint density at radius 1 is 1.44 bits per heavy atom. The average Bonchev–Trinajstić information content (AvgIpc) is 3.03. The second-order valence-electron chi connectivity index (χ2n) is 3.20. The number of allylic oxidation sites excluding steroid dienone is 3. The van der Waals surface area contributed by atoms with Crippen LogP contribution in [0.5, 0.6) is 0 Å². The van der Waals surface area contributed by atoms with E-state index in [1.54, 1.807) is 25.2 Å². The van der Waals surface area contributed by atoms with Gasteiger partial charge in [0.05, 0.1) is 12.2 Å². The van der Waals surface area contributed by atoms with Crippen molar-refractivity contribution in [2.24, 2.45) is 0 Å². The summed E-state index contributed by atoms with van der Waals surface area (Å²) in [4.78, 5) is 11.1. The zero-order chi connectivity index (χ0) is 12.5. The Morgan fingerprint density at radius 3 is 2.56 bits per heavy atom. The fourth-order valence-electron chi connectivity index (χ4n) is 1.25. The van der Waals surface area contributed by atoms with Crippen LogP contribution < -0.4 is 5.11 Å². The molecule has 0 amide bonds. The molecule has 0 fully saturated rings. The number of carbonyl (C=O) groups is 1. The summed E-state index contributed by atoms with van der Waals surface area (Å²) in [7, 11) is 0. The minimum atomic E-state index is -0.440. The fourth-order valence-corrected chi connectivity index (χ4v) is 1.25. The van der Waals surface area contributed by atoms with E-state index in [-0.39, 0.29) is 19.5 Å². The van der Waals surface area contributed by atoms with Crippen LogP contribution in [-0.4, -0.2) is 12.6 Å². The monoisotopic (exact) mass is 332 g/mol. The van der Waals surface area contributed by atoms with E-state index in [0.29, 0.717) is 24.0 Å². The van der Waals surface area contributed by atoms with Crippen molar-refractivity contribution in [3.8, 4) is 0 Å². The Bertz CT molecular complexity index is 411. The van der Waals surface area contributed by atoms with Gasteiger partial charge in [-0.15, -0.1) is 6.26 Å². The van der Waals surface area contributed by atoms with E-state index < -0.39 is 5.97 Å². The molecule has 2 rings (SSSR count). The van der Waals surface area contributed by atoms with Gasteiger partial charge in [-0.25, -0.2) is 16.9 Å². The maximum atomic E-state index is 11.1. The van der Waals surface area contributed by atoms with Crippen LogP contribution in [0.2, 0.25) is 0 Å². The Labute approximate surface area is 120 Å². The number of hydrogen-bond acceptors (Lipinski definition) is 3.